The number of aromatic nitrogens is 1. The lowest BCUT2D eigenvalue weighted by Gasteiger charge is -2.29. The van der Waals surface area contributed by atoms with Crippen LogP contribution in [0, 0.1) is 4.91 Å². The molecule has 9 nitrogen and oxygen atoms in total. The number of benzene rings is 1. The number of nitroso groups, excluding NO2 is 1. The molecule has 0 radical (unpaired) electrons. The Bertz CT molecular complexity index is 844. The molecule has 1 heterocycles. The molecule has 0 aliphatic rings. The average molecular weight is 372 g/mol. The maximum atomic E-state index is 12.5. The minimum absolute atomic E-state index is 0.0403. The first kappa shape index (κ1) is 18.2. The number of carbonyl (C=O) groups excluding carboxylic acids is 1. The summed E-state index contributed by atoms with van der Waals surface area (Å²) < 4.78 is 28.8. The molecule has 0 aliphatic carbocycles. The highest BCUT2D eigenvalue weighted by Gasteiger charge is 2.42. The first-order valence-corrected chi connectivity index (χ1v) is 9.01. The molecular weight excluding hydrogens is 356 g/mol. The van der Waals surface area contributed by atoms with E-state index in [0.29, 0.717) is 11.1 Å². The van der Waals surface area contributed by atoms with Crippen LogP contribution >= 0.6 is 12.8 Å². The zero-order valence-electron chi connectivity index (χ0n) is 13.1. The Hall–Kier alpha value is -2.14. The fourth-order valence-electron chi connectivity index (χ4n) is 1.92. The van der Waals surface area contributed by atoms with Gasteiger partial charge in [0.2, 0.25) is 10.0 Å². The van der Waals surface area contributed by atoms with Crippen LogP contribution in [0.15, 0.2) is 33.9 Å². The van der Waals surface area contributed by atoms with E-state index < -0.39 is 27.5 Å². The zero-order chi connectivity index (χ0) is 18.1. The van der Waals surface area contributed by atoms with E-state index in [2.05, 4.69) is 28.3 Å². The standard InChI is InChI=1S/C13H16N4O5S2/c1-13(2,16-19)10(11(18)17(23)24(3,20)21)15-12-14-8-6-4-5-7-9(8)22-12/h4-7,10,23H,1-3H3,(H,14,15). The van der Waals surface area contributed by atoms with Crippen LogP contribution in [0.25, 0.3) is 11.1 Å². The fraction of sp³-hybridized carbons (Fsp3) is 0.385. The number of rotatable bonds is 6. The Kier molecular flexibility index (Phi) is 4.85. The number of nitrogens with one attached hydrogen (secondary N) is 1. The zero-order valence-corrected chi connectivity index (χ0v) is 14.8. The highest BCUT2D eigenvalue weighted by Crippen LogP contribution is 2.25. The monoisotopic (exact) mass is 372 g/mol. The van der Waals surface area contributed by atoms with Gasteiger partial charge >= 0.3 is 0 Å². The SMILES string of the molecule is CC(C)(N=O)C(Nc1nc2ccccc2o1)C(=O)N(S)S(C)(=O)=O. The number of hydrogen-bond donors (Lipinski definition) is 2. The van der Waals surface area contributed by atoms with E-state index in [1.807, 2.05) is 0 Å². The Morgan fingerprint density at radius 3 is 2.58 bits per heavy atom. The van der Waals surface area contributed by atoms with Crippen LogP contribution in [0.1, 0.15) is 13.8 Å². The number of amides is 1. The normalized spacial score (nSPS) is 13.5. The summed E-state index contributed by atoms with van der Waals surface area (Å²) in [4.78, 5) is 27.7. The van der Waals surface area contributed by atoms with E-state index in [1.54, 1.807) is 24.3 Å². The Balaban J connectivity index is 2.40. The van der Waals surface area contributed by atoms with Crippen molar-refractivity contribution >= 4 is 45.9 Å². The van der Waals surface area contributed by atoms with Crippen molar-refractivity contribution in [3.63, 3.8) is 0 Å². The van der Waals surface area contributed by atoms with Crippen LogP contribution in [0.3, 0.4) is 0 Å². The second kappa shape index (κ2) is 6.40. The van der Waals surface area contributed by atoms with Crippen LogP contribution in [-0.2, 0) is 14.8 Å². The van der Waals surface area contributed by atoms with E-state index in [9.17, 15) is 18.1 Å². The third-order valence-electron chi connectivity index (χ3n) is 3.25. The van der Waals surface area contributed by atoms with Crippen LogP contribution in [-0.4, -0.2) is 40.9 Å². The number of thiol groups is 1. The van der Waals surface area contributed by atoms with E-state index in [4.69, 9.17) is 4.42 Å². The van der Waals surface area contributed by atoms with Crippen molar-refractivity contribution in [2.75, 3.05) is 11.6 Å². The number of anilines is 1. The number of fused-ring (bicyclic) bond motifs is 1. The molecule has 0 fully saturated rings. The number of hydrogen-bond acceptors (Lipinski definition) is 9. The van der Waals surface area contributed by atoms with Gasteiger partial charge in [0.1, 0.15) is 17.1 Å². The molecule has 11 heteroatoms. The van der Waals surface area contributed by atoms with E-state index in [1.165, 1.54) is 13.8 Å². The number of nitrogens with zero attached hydrogens (tertiary/aromatic N) is 3. The van der Waals surface area contributed by atoms with Crippen molar-refractivity contribution < 1.29 is 17.6 Å². The van der Waals surface area contributed by atoms with E-state index in [-0.39, 0.29) is 9.73 Å². The first-order valence-electron chi connectivity index (χ1n) is 6.76. The molecular formula is C13H16N4O5S2. The van der Waals surface area contributed by atoms with Crippen molar-refractivity contribution in [1.29, 1.82) is 0 Å². The van der Waals surface area contributed by atoms with Gasteiger partial charge in [-0.05, 0) is 38.8 Å². The van der Waals surface area contributed by atoms with Gasteiger partial charge in [0.15, 0.2) is 5.58 Å². The summed E-state index contributed by atoms with van der Waals surface area (Å²) in [6, 6.07) is 5.49. The Morgan fingerprint density at radius 1 is 1.42 bits per heavy atom. The second-order valence-corrected chi connectivity index (χ2v) is 8.16. The van der Waals surface area contributed by atoms with Gasteiger partial charge in [0, 0.05) is 0 Å². The lowest BCUT2D eigenvalue weighted by molar-refractivity contribution is -0.124. The molecule has 0 bridgehead atoms. The average Bonchev–Trinajstić information content (AvgIpc) is 2.92. The number of para-hydroxylation sites is 2. The molecule has 2 aromatic rings. The molecule has 130 valence electrons. The van der Waals surface area contributed by atoms with Gasteiger partial charge in [-0.3, -0.25) is 4.79 Å². The molecule has 0 aliphatic heterocycles. The molecule has 1 unspecified atom stereocenters. The maximum absolute atomic E-state index is 12.5. The molecule has 0 spiro atoms. The van der Waals surface area contributed by atoms with Gasteiger partial charge in [0.05, 0.1) is 6.26 Å². The Morgan fingerprint density at radius 2 is 2.04 bits per heavy atom. The molecule has 1 amide bonds. The number of oxazole rings is 1. The third-order valence-corrected chi connectivity index (χ3v) is 5.15. The molecule has 0 saturated heterocycles. The molecule has 24 heavy (non-hydrogen) atoms. The highest BCUT2D eigenvalue weighted by atomic mass is 32.3. The molecule has 0 saturated carbocycles. The lowest BCUT2D eigenvalue weighted by Crippen LogP contribution is -2.51. The Labute approximate surface area is 144 Å². The van der Waals surface area contributed by atoms with Gasteiger partial charge in [-0.2, -0.15) is 13.6 Å². The summed E-state index contributed by atoms with van der Waals surface area (Å²) in [6.45, 7) is 2.75. The summed E-state index contributed by atoms with van der Waals surface area (Å²) in [5.74, 6) is -0.979. The summed E-state index contributed by atoms with van der Waals surface area (Å²) in [5.41, 5.74) is -0.480. The van der Waals surface area contributed by atoms with Crippen LogP contribution in [0.5, 0.6) is 0 Å². The molecule has 2 rings (SSSR count). The molecule has 1 atom stereocenters. The van der Waals surface area contributed by atoms with Crippen molar-refractivity contribution in [1.82, 2.24) is 8.69 Å². The van der Waals surface area contributed by atoms with Gasteiger partial charge in [-0.15, -0.1) is 0 Å². The van der Waals surface area contributed by atoms with E-state index in [0.717, 1.165) is 6.26 Å². The highest BCUT2D eigenvalue weighted by molar-refractivity contribution is 8.00. The van der Waals surface area contributed by atoms with Crippen molar-refractivity contribution in [3.8, 4) is 0 Å². The van der Waals surface area contributed by atoms with Crippen molar-refractivity contribution in [2.24, 2.45) is 5.18 Å². The molecule has 1 aromatic carbocycles. The number of sulfonamides is 1. The van der Waals surface area contributed by atoms with Crippen molar-refractivity contribution in [2.45, 2.75) is 25.4 Å². The van der Waals surface area contributed by atoms with Gasteiger partial charge < -0.3 is 9.73 Å². The minimum Gasteiger partial charge on any atom is -0.424 e. The summed E-state index contributed by atoms with van der Waals surface area (Å²) in [7, 11) is -3.92. The smallest absolute Gasteiger partial charge is 0.296 e. The van der Waals surface area contributed by atoms with Crippen LogP contribution in [0.2, 0.25) is 0 Å². The van der Waals surface area contributed by atoms with E-state index >= 15 is 0 Å². The summed E-state index contributed by atoms with van der Waals surface area (Å²) >= 11 is 3.69. The topological polar surface area (TPSA) is 122 Å². The van der Waals surface area contributed by atoms with Crippen LogP contribution in [0.4, 0.5) is 6.01 Å². The summed E-state index contributed by atoms with van der Waals surface area (Å²) in [6.07, 6.45) is 0.815. The van der Waals surface area contributed by atoms with Crippen LogP contribution < -0.4 is 5.32 Å². The second-order valence-electron chi connectivity index (χ2n) is 5.65. The molecule has 1 aromatic heterocycles. The third kappa shape index (κ3) is 3.67. The lowest BCUT2D eigenvalue weighted by atomic mass is 9.95. The minimum atomic E-state index is -3.92. The maximum Gasteiger partial charge on any atom is 0.296 e. The quantitative estimate of drug-likeness (QED) is 0.585. The van der Waals surface area contributed by atoms with Crippen molar-refractivity contribution in [3.05, 3.63) is 29.2 Å². The summed E-state index contributed by atoms with van der Waals surface area (Å²) in [5, 5.41) is 5.53. The fourth-order valence-corrected chi connectivity index (χ4v) is 2.47. The predicted molar refractivity (Wildman–Crippen MR) is 92.0 cm³/mol. The number of carbonyl (C=O) groups is 1. The first-order chi connectivity index (χ1) is 11.1. The van der Waals surface area contributed by atoms with Gasteiger partial charge in [-0.1, -0.05) is 17.3 Å². The predicted octanol–water partition coefficient (Wildman–Crippen LogP) is 1.79. The van der Waals surface area contributed by atoms with Gasteiger partial charge in [0.25, 0.3) is 11.9 Å². The molecule has 1 N–H and O–H groups in total. The van der Waals surface area contributed by atoms with Gasteiger partial charge in [-0.25, -0.2) is 8.42 Å². The largest absolute Gasteiger partial charge is 0.424 e.